The number of benzene rings is 1. The highest BCUT2D eigenvalue weighted by atomic mass is 15.4. The SMILES string of the molecule is Cc1nc(NCC(C)(C)c2ccccc2)n(C)n1. The van der Waals surface area contributed by atoms with E-state index >= 15 is 0 Å². The summed E-state index contributed by atoms with van der Waals surface area (Å²) in [6, 6.07) is 10.5. The van der Waals surface area contributed by atoms with Crippen LogP contribution in [0.4, 0.5) is 5.95 Å². The molecule has 0 atom stereocenters. The van der Waals surface area contributed by atoms with Crippen molar-refractivity contribution >= 4 is 5.95 Å². The van der Waals surface area contributed by atoms with Gasteiger partial charge in [0.05, 0.1) is 0 Å². The summed E-state index contributed by atoms with van der Waals surface area (Å²) in [5.74, 6) is 1.61. The van der Waals surface area contributed by atoms with Gasteiger partial charge in [-0.1, -0.05) is 44.2 Å². The summed E-state index contributed by atoms with van der Waals surface area (Å²) in [6.07, 6.45) is 0. The van der Waals surface area contributed by atoms with E-state index in [2.05, 4.69) is 53.5 Å². The zero-order valence-electron chi connectivity index (χ0n) is 11.4. The van der Waals surface area contributed by atoms with E-state index < -0.39 is 0 Å². The van der Waals surface area contributed by atoms with Crippen molar-refractivity contribution in [2.24, 2.45) is 7.05 Å². The number of anilines is 1. The Labute approximate surface area is 108 Å². The highest BCUT2D eigenvalue weighted by Crippen LogP contribution is 2.23. The second kappa shape index (κ2) is 4.80. The Morgan fingerprint density at radius 1 is 1.22 bits per heavy atom. The van der Waals surface area contributed by atoms with Crippen LogP contribution in [-0.2, 0) is 12.5 Å². The largest absolute Gasteiger partial charge is 0.354 e. The molecule has 0 spiro atoms. The van der Waals surface area contributed by atoms with E-state index in [9.17, 15) is 0 Å². The van der Waals surface area contributed by atoms with Gasteiger partial charge in [-0.15, -0.1) is 0 Å². The lowest BCUT2D eigenvalue weighted by atomic mass is 9.85. The van der Waals surface area contributed by atoms with Crippen LogP contribution in [-0.4, -0.2) is 21.3 Å². The number of nitrogens with zero attached hydrogens (tertiary/aromatic N) is 3. The molecule has 0 radical (unpaired) electrons. The van der Waals surface area contributed by atoms with Crippen LogP contribution in [0.15, 0.2) is 30.3 Å². The molecule has 0 aliphatic carbocycles. The second-order valence-corrected chi connectivity index (χ2v) is 5.21. The van der Waals surface area contributed by atoms with Crippen LogP contribution in [0.1, 0.15) is 25.2 Å². The van der Waals surface area contributed by atoms with Crippen molar-refractivity contribution in [1.29, 1.82) is 0 Å². The fourth-order valence-corrected chi connectivity index (χ4v) is 1.96. The maximum atomic E-state index is 4.35. The van der Waals surface area contributed by atoms with Gasteiger partial charge < -0.3 is 5.32 Å². The second-order valence-electron chi connectivity index (χ2n) is 5.21. The van der Waals surface area contributed by atoms with Gasteiger partial charge in [-0.2, -0.15) is 10.1 Å². The summed E-state index contributed by atoms with van der Waals surface area (Å²) < 4.78 is 1.77. The Morgan fingerprint density at radius 2 is 1.89 bits per heavy atom. The zero-order chi connectivity index (χ0) is 13.2. The molecular formula is C14H20N4. The molecule has 1 aromatic carbocycles. The van der Waals surface area contributed by atoms with Crippen molar-refractivity contribution < 1.29 is 0 Å². The summed E-state index contributed by atoms with van der Waals surface area (Å²) in [5, 5.41) is 7.59. The van der Waals surface area contributed by atoms with Gasteiger partial charge in [0.15, 0.2) is 0 Å². The van der Waals surface area contributed by atoms with Gasteiger partial charge in [0.25, 0.3) is 0 Å². The van der Waals surface area contributed by atoms with Crippen molar-refractivity contribution in [2.45, 2.75) is 26.2 Å². The molecule has 0 saturated heterocycles. The smallest absolute Gasteiger partial charge is 0.221 e. The highest BCUT2D eigenvalue weighted by Gasteiger charge is 2.20. The number of aromatic nitrogens is 3. The van der Waals surface area contributed by atoms with Gasteiger partial charge >= 0.3 is 0 Å². The van der Waals surface area contributed by atoms with Crippen molar-refractivity contribution in [2.75, 3.05) is 11.9 Å². The van der Waals surface area contributed by atoms with E-state index in [1.54, 1.807) is 4.68 Å². The summed E-state index contributed by atoms with van der Waals surface area (Å²) in [7, 11) is 1.90. The molecule has 18 heavy (non-hydrogen) atoms. The first-order valence-corrected chi connectivity index (χ1v) is 6.16. The lowest BCUT2D eigenvalue weighted by Crippen LogP contribution is -2.28. The molecule has 4 nitrogen and oxygen atoms in total. The van der Waals surface area contributed by atoms with Crippen molar-refractivity contribution in [1.82, 2.24) is 14.8 Å². The molecular weight excluding hydrogens is 224 g/mol. The van der Waals surface area contributed by atoms with Gasteiger partial charge in [0.1, 0.15) is 5.82 Å². The number of hydrogen-bond donors (Lipinski definition) is 1. The third-order valence-corrected chi connectivity index (χ3v) is 3.11. The molecule has 2 aromatic rings. The molecule has 1 heterocycles. The maximum absolute atomic E-state index is 4.35. The van der Waals surface area contributed by atoms with Crippen LogP contribution in [0.5, 0.6) is 0 Å². The molecule has 2 rings (SSSR count). The predicted molar refractivity (Wildman–Crippen MR) is 73.7 cm³/mol. The number of hydrogen-bond acceptors (Lipinski definition) is 3. The van der Waals surface area contributed by atoms with E-state index in [1.165, 1.54) is 5.56 Å². The Bertz CT molecular complexity index is 514. The van der Waals surface area contributed by atoms with E-state index in [4.69, 9.17) is 0 Å². The zero-order valence-corrected chi connectivity index (χ0v) is 11.4. The molecule has 96 valence electrons. The number of rotatable bonds is 4. The van der Waals surface area contributed by atoms with Crippen LogP contribution in [0, 0.1) is 6.92 Å². The van der Waals surface area contributed by atoms with Gasteiger partial charge in [-0.3, -0.25) is 0 Å². The molecule has 0 fully saturated rings. The topological polar surface area (TPSA) is 42.7 Å². The lowest BCUT2D eigenvalue weighted by molar-refractivity contribution is 0.552. The van der Waals surface area contributed by atoms with Gasteiger partial charge in [0, 0.05) is 19.0 Å². The fraction of sp³-hybridized carbons (Fsp3) is 0.429. The molecule has 0 amide bonds. The Hall–Kier alpha value is -1.84. The molecule has 1 N–H and O–H groups in total. The van der Waals surface area contributed by atoms with Crippen LogP contribution in [0.2, 0.25) is 0 Å². The normalized spacial score (nSPS) is 11.6. The minimum absolute atomic E-state index is 0.0567. The van der Waals surface area contributed by atoms with Crippen LogP contribution >= 0.6 is 0 Å². The summed E-state index contributed by atoms with van der Waals surface area (Å²) >= 11 is 0. The van der Waals surface area contributed by atoms with Gasteiger partial charge in [-0.05, 0) is 12.5 Å². The summed E-state index contributed by atoms with van der Waals surface area (Å²) in [6.45, 7) is 7.16. The first-order valence-electron chi connectivity index (χ1n) is 6.16. The summed E-state index contributed by atoms with van der Waals surface area (Å²) in [5.41, 5.74) is 1.37. The highest BCUT2D eigenvalue weighted by molar-refractivity contribution is 5.30. The Balaban J connectivity index is 2.08. The third kappa shape index (κ3) is 2.70. The van der Waals surface area contributed by atoms with Crippen molar-refractivity contribution in [3.8, 4) is 0 Å². The number of nitrogens with one attached hydrogen (secondary N) is 1. The van der Waals surface area contributed by atoms with Gasteiger partial charge in [0.2, 0.25) is 5.95 Å². The van der Waals surface area contributed by atoms with E-state index in [1.807, 2.05) is 20.0 Å². The lowest BCUT2D eigenvalue weighted by Gasteiger charge is -2.25. The summed E-state index contributed by atoms with van der Waals surface area (Å²) in [4.78, 5) is 4.35. The average Bonchev–Trinajstić information content (AvgIpc) is 2.67. The molecule has 4 heteroatoms. The first-order chi connectivity index (χ1) is 8.49. The maximum Gasteiger partial charge on any atom is 0.221 e. The van der Waals surface area contributed by atoms with Crippen LogP contribution in [0.25, 0.3) is 0 Å². The molecule has 0 aliphatic rings. The average molecular weight is 244 g/mol. The minimum Gasteiger partial charge on any atom is -0.354 e. The predicted octanol–water partition coefficient (Wildman–Crippen LogP) is 2.51. The van der Waals surface area contributed by atoms with E-state index in [0.717, 1.165) is 18.3 Å². The molecule has 0 unspecified atom stereocenters. The van der Waals surface area contributed by atoms with Crippen LogP contribution < -0.4 is 5.32 Å². The Morgan fingerprint density at radius 3 is 2.44 bits per heavy atom. The third-order valence-electron chi connectivity index (χ3n) is 3.11. The van der Waals surface area contributed by atoms with E-state index in [-0.39, 0.29) is 5.41 Å². The van der Waals surface area contributed by atoms with Crippen molar-refractivity contribution in [3.05, 3.63) is 41.7 Å². The minimum atomic E-state index is 0.0567. The molecule has 0 bridgehead atoms. The Kier molecular flexibility index (Phi) is 3.36. The molecule has 1 aromatic heterocycles. The van der Waals surface area contributed by atoms with Crippen molar-refractivity contribution in [3.63, 3.8) is 0 Å². The molecule has 0 saturated carbocycles. The van der Waals surface area contributed by atoms with Crippen LogP contribution in [0.3, 0.4) is 0 Å². The number of aryl methyl sites for hydroxylation is 2. The quantitative estimate of drug-likeness (QED) is 0.898. The standard InChI is InChI=1S/C14H20N4/c1-11-16-13(18(4)17-11)15-10-14(2,3)12-8-6-5-7-9-12/h5-9H,10H2,1-4H3,(H,15,16,17). The monoisotopic (exact) mass is 244 g/mol. The molecule has 0 aliphatic heterocycles. The first kappa shape index (κ1) is 12.6. The fourth-order valence-electron chi connectivity index (χ4n) is 1.96. The van der Waals surface area contributed by atoms with Gasteiger partial charge in [-0.25, -0.2) is 4.68 Å². The van der Waals surface area contributed by atoms with E-state index in [0.29, 0.717) is 0 Å².